The van der Waals surface area contributed by atoms with Crippen molar-refractivity contribution in [2.24, 2.45) is 5.92 Å². The summed E-state index contributed by atoms with van der Waals surface area (Å²) in [7, 11) is 0. The number of unbranched alkanes of at least 4 members (excludes halogenated alkanes) is 3. The highest BCUT2D eigenvalue weighted by Crippen LogP contribution is 2.30. The Bertz CT molecular complexity index is 384. The first-order valence-corrected chi connectivity index (χ1v) is 9.03. The zero-order valence-electron chi connectivity index (χ0n) is 14.5. The van der Waals surface area contributed by atoms with Gasteiger partial charge >= 0.3 is 5.97 Å². The van der Waals surface area contributed by atoms with Gasteiger partial charge in [0.1, 0.15) is 0 Å². The average molecular weight is 344 g/mol. The third kappa shape index (κ3) is 8.24. The van der Waals surface area contributed by atoms with Gasteiger partial charge in [0.05, 0.1) is 18.3 Å². The second kappa shape index (κ2) is 11.6. The lowest BCUT2D eigenvalue weighted by atomic mass is 9.85. The fourth-order valence-electron chi connectivity index (χ4n) is 3.08. The molecular formula is C18H32O6. The molecule has 5 unspecified atom stereocenters. The number of hydrogen-bond acceptors (Lipinski definition) is 5. The van der Waals surface area contributed by atoms with Crippen molar-refractivity contribution >= 4 is 5.97 Å². The van der Waals surface area contributed by atoms with Crippen LogP contribution in [0.15, 0.2) is 12.2 Å². The second-order valence-corrected chi connectivity index (χ2v) is 6.61. The Kier molecular flexibility index (Phi) is 10.2. The lowest BCUT2D eigenvalue weighted by molar-refractivity contribution is -0.201. The fourth-order valence-corrected chi connectivity index (χ4v) is 3.08. The molecule has 1 heterocycles. The maximum atomic E-state index is 10.6. The van der Waals surface area contributed by atoms with Crippen LogP contribution in [0.3, 0.4) is 0 Å². The van der Waals surface area contributed by atoms with E-state index >= 15 is 0 Å². The number of carbonyl (C=O) groups is 1. The van der Waals surface area contributed by atoms with Crippen LogP contribution in [0.25, 0.3) is 0 Å². The highest BCUT2D eigenvalue weighted by molar-refractivity contribution is 5.66. The van der Waals surface area contributed by atoms with Crippen LogP contribution in [0.2, 0.25) is 0 Å². The molecule has 5 atom stereocenters. The minimum Gasteiger partial charge on any atom is -0.481 e. The van der Waals surface area contributed by atoms with E-state index in [0.717, 1.165) is 19.3 Å². The molecule has 24 heavy (non-hydrogen) atoms. The summed E-state index contributed by atoms with van der Waals surface area (Å²) >= 11 is 0. The predicted molar refractivity (Wildman–Crippen MR) is 90.4 cm³/mol. The van der Waals surface area contributed by atoms with Crippen molar-refractivity contribution in [2.75, 3.05) is 0 Å². The van der Waals surface area contributed by atoms with Crippen LogP contribution in [-0.2, 0) is 9.53 Å². The van der Waals surface area contributed by atoms with E-state index in [0.29, 0.717) is 25.7 Å². The lowest BCUT2D eigenvalue weighted by Gasteiger charge is -2.37. The molecule has 0 spiro atoms. The van der Waals surface area contributed by atoms with Crippen molar-refractivity contribution in [3.8, 4) is 0 Å². The largest absolute Gasteiger partial charge is 0.481 e. The van der Waals surface area contributed by atoms with Crippen LogP contribution in [0.4, 0.5) is 0 Å². The van der Waals surface area contributed by atoms with Crippen LogP contribution in [0.5, 0.6) is 0 Å². The summed E-state index contributed by atoms with van der Waals surface area (Å²) in [5, 5.41) is 38.5. The topological polar surface area (TPSA) is 107 Å². The summed E-state index contributed by atoms with van der Waals surface area (Å²) in [6, 6.07) is 0. The summed E-state index contributed by atoms with van der Waals surface area (Å²) in [5.41, 5.74) is 0. The van der Waals surface area contributed by atoms with Gasteiger partial charge in [-0.05, 0) is 19.3 Å². The van der Waals surface area contributed by atoms with Gasteiger partial charge < -0.3 is 25.2 Å². The number of hydrogen-bond donors (Lipinski definition) is 4. The molecule has 0 bridgehead atoms. The summed E-state index contributed by atoms with van der Waals surface area (Å²) in [5.74, 6) is -1.02. The summed E-state index contributed by atoms with van der Waals surface area (Å²) in [6.45, 7) is 2.11. The van der Waals surface area contributed by atoms with Gasteiger partial charge in [0.2, 0.25) is 0 Å². The Balaban J connectivity index is 2.52. The highest BCUT2D eigenvalue weighted by Gasteiger charge is 2.35. The molecule has 1 saturated heterocycles. The van der Waals surface area contributed by atoms with Crippen molar-refractivity contribution < 1.29 is 30.0 Å². The van der Waals surface area contributed by atoms with E-state index in [4.69, 9.17) is 9.84 Å². The molecular weight excluding hydrogens is 312 g/mol. The zero-order valence-corrected chi connectivity index (χ0v) is 14.5. The van der Waals surface area contributed by atoms with Crippen LogP contribution >= 0.6 is 0 Å². The van der Waals surface area contributed by atoms with Gasteiger partial charge in [-0.3, -0.25) is 4.79 Å². The molecule has 0 saturated carbocycles. The van der Waals surface area contributed by atoms with Crippen molar-refractivity contribution in [3.63, 3.8) is 0 Å². The second-order valence-electron chi connectivity index (χ2n) is 6.61. The number of carboxylic acids is 1. The normalized spacial score (nSPS) is 29.0. The van der Waals surface area contributed by atoms with Crippen LogP contribution in [-0.4, -0.2) is 51.0 Å². The maximum absolute atomic E-state index is 10.6. The molecule has 1 rings (SSSR count). The first-order chi connectivity index (χ1) is 11.4. The molecule has 1 aliphatic heterocycles. The fraction of sp³-hybridized carbons (Fsp3) is 0.833. The number of ether oxygens (including phenoxy) is 1. The van der Waals surface area contributed by atoms with Gasteiger partial charge in [0, 0.05) is 18.8 Å². The molecule has 0 aromatic heterocycles. The average Bonchev–Trinajstić information content (AvgIpc) is 2.51. The lowest BCUT2D eigenvalue weighted by Crippen LogP contribution is -2.43. The molecule has 0 radical (unpaired) electrons. The minimum absolute atomic E-state index is 0.114. The van der Waals surface area contributed by atoms with Gasteiger partial charge in [0.15, 0.2) is 6.29 Å². The van der Waals surface area contributed by atoms with E-state index in [-0.39, 0.29) is 18.8 Å². The smallest absolute Gasteiger partial charge is 0.303 e. The predicted octanol–water partition coefficient (Wildman–Crippen LogP) is 2.21. The van der Waals surface area contributed by atoms with Gasteiger partial charge in [-0.15, -0.1) is 0 Å². The molecule has 6 nitrogen and oxygen atoms in total. The molecule has 140 valence electrons. The molecule has 1 aliphatic rings. The standard InChI is InChI=1S/C18H32O6/c1-2-3-4-7-13(19)10-11-16-14(8-5-6-9-17(21)22)15(20)12-18(23)24-16/h10-11,13-16,18-20,23H,2-9,12H2,1H3,(H,21,22). The SMILES string of the molecule is CCCCCC(O)C=CC1OC(O)CC(O)C1CCCCC(=O)O. The Morgan fingerprint density at radius 3 is 2.67 bits per heavy atom. The number of aliphatic carboxylic acids is 1. The molecule has 0 aliphatic carbocycles. The number of aliphatic hydroxyl groups excluding tert-OH is 3. The number of aliphatic hydroxyl groups is 3. The highest BCUT2D eigenvalue weighted by atomic mass is 16.6. The van der Waals surface area contributed by atoms with E-state index in [1.807, 2.05) is 0 Å². The molecule has 4 N–H and O–H groups in total. The van der Waals surface area contributed by atoms with Gasteiger partial charge in [-0.25, -0.2) is 0 Å². The van der Waals surface area contributed by atoms with Crippen molar-refractivity contribution in [2.45, 2.75) is 89.3 Å². The Labute approximate surface area is 144 Å². The Hall–Kier alpha value is -0.950. The molecule has 6 heteroatoms. The summed E-state index contributed by atoms with van der Waals surface area (Å²) < 4.78 is 5.50. The third-order valence-corrected chi connectivity index (χ3v) is 4.48. The quantitative estimate of drug-likeness (QED) is 0.338. The summed E-state index contributed by atoms with van der Waals surface area (Å²) in [4.78, 5) is 10.6. The molecule has 0 aromatic rings. The number of carboxylic acid groups (broad SMARTS) is 1. The molecule has 1 fully saturated rings. The Morgan fingerprint density at radius 2 is 2.00 bits per heavy atom. The van der Waals surface area contributed by atoms with Crippen molar-refractivity contribution in [3.05, 3.63) is 12.2 Å². The third-order valence-electron chi connectivity index (χ3n) is 4.48. The van der Waals surface area contributed by atoms with Gasteiger partial charge in [0.25, 0.3) is 0 Å². The van der Waals surface area contributed by atoms with Crippen molar-refractivity contribution in [1.29, 1.82) is 0 Å². The summed E-state index contributed by atoms with van der Waals surface area (Å²) in [6.07, 6.45) is 6.63. The first-order valence-electron chi connectivity index (χ1n) is 9.03. The van der Waals surface area contributed by atoms with E-state index in [1.165, 1.54) is 0 Å². The van der Waals surface area contributed by atoms with Crippen LogP contribution in [0.1, 0.15) is 64.7 Å². The monoisotopic (exact) mass is 344 g/mol. The van der Waals surface area contributed by atoms with Crippen LogP contribution < -0.4 is 0 Å². The minimum atomic E-state index is -1.01. The number of rotatable bonds is 11. The van der Waals surface area contributed by atoms with Gasteiger partial charge in [-0.2, -0.15) is 0 Å². The molecule has 0 aromatic carbocycles. The van der Waals surface area contributed by atoms with E-state index in [9.17, 15) is 20.1 Å². The maximum Gasteiger partial charge on any atom is 0.303 e. The van der Waals surface area contributed by atoms with Crippen molar-refractivity contribution in [1.82, 2.24) is 0 Å². The Morgan fingerprint density at radius 1 is 1.25 bits per heavy atom. The van der Waals surface area contributed by atoms with Gasteiger partial charge in [-0.1, -0.05) is 44.8 Å². The van der Waals surface area contributed by atoms with Crippen LogP contribution in [0, 0.1) is 5.92 Å². The first kappa shape index (κ1) is 21.1. The van der Waals surface area contributed by atoms with E-state index in [1.54, 1.807) is 12.2 Å². The van der Waals surface area contributed by atoms with E-state index in [2.05, 4.69) is 6.92 Å². The molecule has 0 amide bonds. The van der Waals surface area contributed by atoms with E-state index < -0.39 is 30.6 Å². The zero-order chi connectivity index (χ0) is 17.9.